The highest BCUT2D eigenvalue weighted by Gasteiger charge is 2.52. The molecule has 0 unspecified atom stereocenters. The highest BCUT2D eigenvalue weighted by Crippen LogP contribution is 2.41. The topological polar surface area (TPSA) is 310 Å². The van der Waals surface area contributed by atoms with E-state index in [1.807, 2.05) is 18.2 Å². The Hall–Kier alpha value is -5.14. The number of imide groups is 1. The summed E-state index contributed by atoms with van der Waals surface area (Å²) >= 11 is 0. The largest absolute Gasteiger partial charge is 0.480 e. The predicted octanol–water partition coefficient (Wildman–Crippen LogP) is 1.54. The third kappa shape index (κ3) is 15.2. The minimum Gasteiger partial charge on any atom is -0.480 e. The zero-order valence-corrected chi connectivity index (χ0v) is 38.9. The summed E-state index contributed by atoms with van der Waals surface area (Å²) in [6.07, 6.45) is 11.6. The van der Waals surface area contributed by atoms with Crippen molar-refractivity contribution in [1.82, 2.24) is 25.3 Å². The van der Waals surface area contributed by atoms with Gasteiger partial charge in [0, 0.05) is 38.9 Å². The van der Waals surface area contributed by atoms with Crippen molar-refractivity contribution in [2.75, 3.05) is 26.2 Å². The quantitative estimate of drug-likeness (QED) is 0.0353. The monoisotopic (exact) mass is 925 g/mol. The molecule has 3 aliphatic rings. The first-order valence-corrected chi connectivity index (χ1v) is 24.2. The van der Waals surface area contributed by atoms with Gasteiger partial charge in [0.1, 0.15) is 30.2 Å². The van der Waals surface area contributed by atoms with Crippen LogP contribution < -0.4 is 33.6 Å². The lowest BCUT2D eigenvalue weighted by Crippen LogP contribution is -2.64. The van der Waals surface area contributed by atoms with Gasteiger partial charge in [-0.25, -0.2) is 4.79 Å². The van der Waals surface area contributed by atoms with E-state index in [9.17, 15) is 34.2 Å². The third-order valence-corrected chi connectivity index (χ3v) is 13.3. The molecular weight excluding hydrogens is 849 g/mol. The zero-order valence-electron chi connectivity index (χ0n) is 38.9. The number of hydrogen-bond donors (Lipinski definition) is 8. The van der Waals surface area contributed by atoms with Crippen LogP contribution in [0, 0.1) is 5.92 Å². The Morgan fingerprint density at radius 2 is 1.42 bits per heavy atom. The fourth-order valence-electron chi connectivity index (χ4n) is 9.87. The van der Waals surface area contributed by atoms with Crippen LogP contribution in [0.4, 0.5) is 0 Å². The molecule has 19 heteroatoms. The van der Waals surface area contributed by atoms with Crippen molar-refractivity contribution in [2.45, 2.75) is 178 Å². The average molecular weight is 925 g/mol. The fraction of sp³-hybridized carbons (Fsp3) is 0.702. The van der Waals surface area contributed by atoms with Gasteiger partial charge in [0.05, 0.1) is 6.61 Å². The molecule has 4 rings (SSSR count). The Kier molecular flexibility index (Phi) is 22.3. The van der Waals surface area contributed by atoms with Gasteiger partial charge in [0.15, 0.2) is 5.96 Å². The number of hydrogen-bond acceptors (Lipinski definition) is 11. The van der Waals surface area contributed by atoms with E-state index < -0.39 is 78.2 Å². The van der Waals surface area contributed by atoms with Crippen molar-refractivity contribution in [3.05, 3.63) is 35.4 Å². The van der Waals surface area contributed by atoms with Crippen molar-refractivity contribution in [3.63, 3.8) is 0 Å². The number of amides is 6. The zero-order chi connectivity index (χ0) is 48.2. The average Bonchev–Trinajstić information content (AvgIpc) is 3.69. The minimum atomic E-state index is -1.82. The number of carbonyl (C=O) groups is 7. The number of aliphatic carboxylic acids is 1. The number of unbranched alkanes of at least 4 members (excludes halogenated alkanes) is 8. The second-order valence-corrected chi connectivity index (χ2v) is 18.1. The number of aliphatic hydroxyl groups excluding tert-OH is 1. The summed E-state index contributed by atoms with van der Waals surface area (Å²) in [5.74, 6) is -5.63. The Morgan fingerprint density at radius 3 is 2.06 bits per heavy atom. The lowest BCUT2D eigenvalue weighted by Gasteiger charge is -2.43. The number of nitrogens with one attached hydrogen (secondary N) is 2. The fourth-order valence-corrected chi connectivity index (χ4v) is 9.87. The molecule has 66 heavy (non-hydrogen) atoms. The number of nitrogens with two attached hydrogens (primary N) is 4. The maximum absolute atomic E-state index is 15.2. The third-order valence-electron chi connectivity index (χ3n) is 13.3. The maximum Gasteiger partial charge on any atom is 0.326 e. The number of aliphatic hydroxyl groups is 1. The van der Waals surface area contributed by atoms with Crippen LogP contribution in [0.2, 0.25) is 0 Å². The van der Waals surface area contributed by atoms with Crippen LogP contribution in [-0.4, -0.2) is 135 Å². The molecule has 0 radical (unpaired) electrons. The molecule has 0 bridgehead atoms. The van der Waals surface area contributed by atoms with Gasteiger partial charge in [-0.3, -0.25) is 38.7 Å². The summed E-state index contributed by atoms with van der Waals surface area (Å²) in [5, 5.41) is 26.9. The summed E-state index contributed by atoms with van der Waals surface area (Å²) in [7, 11) is 0. The first kappa shape index (κ1) is 53.5. The molecule has 1 saturated carbocycles. The molecule has 0 aromatic heterocycles. The molecule has 1 aromatic rings. The maximum atomic E-state index is 15.2. The van der Waals surface area contributed by atoms with Gasteiger partial charge < -0.3 is 53.6 Å². The molecule has 0 spiro atoms. The number of guanidine groups is 1. The highest BCUT2D eigenvalue weighted by molar-refractivity contribution is 6.04. The Labute approximate surface area is 389 Å². The molecule has 2 aliphatic heterocycles. The SMILES string of the molecule is CC(=O)N[C@@H](CCCCN)C(=O)N[C@@H](CCCN=C(N)N)C(=O)N(C(=O)CCCCCCCCCCN)[C@@H](CO)C(=O)N1Cc2ccccc2C[C@@H]1C(=O)N1[C@H](C(=O)O)C[C@@H]2CCCC[C@@H]21. The highest BCUT2D eigenvalue weighted by atomic mass is 16.4. The van der Waals surface area contributed by atoms with Gasteiger partial charge in [-0.1, -0.05) is 75.6 Å². The lowest BCUT2D eigenvalue weighted by molar-refractivity contribution is -0.163. The van der Waals surface area contributed by atoms with Crippen molar-refractivity contribution in [3.8, 4) is 0 Å². The van der Waals surface area contributed by atoms with Gasteiger partial charge in [-0.2, -0.15) is 0 Å². The number of carboxylic acids is 1. The summed E-state index contributed by atoms with van der Waals surface area (Å²) < 4.78 is 0. The minimum absolute atomic E-state index is 0.000876. The molecule has 12 N–H and O–H groups in total. The van der Waals surface area contributed by atoms with E-state index in [1.165, 1.54) is 16.7 Å². The van der Waals surface area contributed by atoms with Crippen molar-refractivity contribution >= 4 is 47.4 Å². The number of rotatable bonds is 27. The normalized spacial score (nSPS) is 20.2. The van der Waals surface area contributed by atoms with Crippen molar-refractivity contribution in [2.24, 2.45) is 33.8 Å². The first-order valence-electron chi connectivity index (χ1n) is 24.2. The van der Waals surface area contributed by atoms with Gasteiger partial charge in [-0.05, 0) is 94.3 Å². The molecule has 1 aliphatic carbocycles. The van der Waals surface area contributed by atoms with Crippen LogP contribution in [0.5, 0.6) is 0 Å². The van der Waals surface area contributed by atoms with Crippen LogP contribution in [0.1, 0.15) is 140 Å². The van der Waals surface area contributed by atoms with Gasteiger partial charge in [0.2, 0.25) is 29.5 Å². The Balaban J connectivity index is 1.73. The van der Waals surface area contributed by atoms with E-state index in [0.29, 0.717) is 57.2 Å². The van der Waals surface area contributed by atoms with Crippen molar-refractivity contribution < 1.29 is 43.8 Å². The molecule has 7 atom stereocenters. The first-order chi connectivity index (χ1) is 31.7. The Bertz CT molecular complexity index is 1830. The second-order valence-electron chi connectivity index (χ2n) is 18.1. The molecule has 1 aromatic carbocycles. The van der Waals surface area contributed by atoms with Crippen LogP contribution in [-0.2, 0) is 46.5 Å². The molecule has 368 valence electrons. The van der Waals surface area contributed by atoms with Gasteiger partial charge in [-0.15, -0.1) is 0 Å². The number of fused-ring (bicyclic) bond motifs is 2. The van der Waals surface area contributed by atoms with Crippen LogP contribution in [0.3, 0.4) is 0 Å². The summed E-state index contributed by atoms with van der Waals surface area (Å²) in [6, 6.07) is 0.340. The van der Waals surface area contributed by atoms with E-state index >= 15 is 9.59 Å². The standard InChI is InChI=1S/C47H76N10O9/c1-31(59)53-35(20-13-15-25-49)42(61)54-36(21-16-26-52-47(50)51)43(62)57(41(60)23-8-6-4-2-3-5-7-14-24-48)40(30-58)44(63)55-29-34-19-10-9-17-32(34)27-38(55)45(64)56-37-22-12-11-18-33(37)28-39(56)46(65)66/h9-10,17,19,33,35-40,58H,2-8,11-16,18,20-30,48-49H2,1H3,(H,53,59)(H,54,61)(H,65,66)(H4,50,51,52)/t33-,35-,36-,37-,38+,39-,40-/m0/s1. The van der Waals surface area contributed by atoms with Crippen LogP contribution in [0.15, 0.2) is 29.3 Å². The van der Waals surface area contributed by atoms with Gasteiger partial charge >= 0.3 is 5.97 Å². The summed E-state index contributed by atoms with van der Waals surface area (Å²) in [6.45, 7) is 1.21. The predicted molar refractivity (Wildman–Crippen MR) is 249 cm³/mol. The molecule has 6 amide bonds. The molecular formula is C47H76N10O9. The van der Waals surface area contributed by atoms with E-state index in [1.54, 1.807) is 6.07 Å². The molecule has 19 nitrogen and oxygen atoms in total. The summed E-state index contributed by atoms with van der Waals surface area (Å²) in [5.41, 5.74) is 23.9. The summed E-state index contributed by atoms with van der Waals surface area (Å²) in [4.78, 5) is 106. The number of nitrogens with zero attached hydrogens (tertiary/aromatic N) is 4. The van der Waals surface area contributed by atoms with Crippen molar-refractivity contribution in [1.29, 1.82) is 0 Å². The number of aliphatic imine (C=N–C) groups is 1. The number of benzene rings is 1. The van der Waals surface area contributed by atoms with E-state index in [2.05, 4.69) is 15.6 Å². The number of likely N-dealkylation sites (tertiary alicyclic amines) is 1. The van der Waals surface area contributed by atoms with E-state index in [4.69, 9.17) is 22.9 Å². The van der Waals surface area contributed by atoms with E-state index in [-0.39, 0.29) is 63.1 Å². The molecule has 2 heterocycles. The number of carboxylic acid groups (broad SMARTS) is 1. The smallest absolute Gasteiger partial charge is 0.326 e. The van der Waals surface area contributed by atoms with Crippen LogP contribution in [0.25, 0.3) is 0 Å². The lowest BCUT2D eigenvalue weighted by atomic mass is 9.84. The molecule has 2 fully saturated rings. The van der Waals surface area contributed by atoms with E-state index in [0.717, 1.165) is 68.3 Å². The molecule has 1 saturated heterocycles. The number of carbonyl (C=O) groups excluding carboxylic acids is 6. The van der Waals surface area contributed by atoms with Gasteiger partial charge in [0.25, 0.3) is 5.91 Å². The Morgan fingerprint density at radius 1 is 0.803 bits per heavy atom. The van der Waals surface area contributed by atoms with Crippen LogP contribution >= 0.6 is 0 Å². The second kappa shape index (κ2) is 27.5.